The van der Waals surface area contributed by atoms with Gasteiger partial charge in [0.2, 0.25) is 0 Å². The van der Waals surface area contributed by atoms with Crippen LogP contribution in [0.3, 0.4) is 0 Å². The third-order valence-electron chi connectivity index (χ3n) is 2.91. The minimum absolute atomic E-state index is 0.341. The van der Waals surface area contributed by atoms with E-state index in [4.69, 9.17) is 9.47 Å². The molecule has 0 aliphatic carbocycles. The van der Waals surface area contributed by atoms with Gasteiger partial charge in [-0.2, -0.15) is 0 Å². The molecule has 1 aromatic carbocycles. The van der Waals surface area contributed by atoms with Gasteiger partial charge in [0.05, 0.1) is 7.11 Å². The molecule has 3 nitrogen and oxygen atoms in total. The zero-order chi connectivity index (χ0) is 12.7. The van der Waals surface area contributed by atoms with E-state index < -0.39 is 0 Å². The van der Waals surface area contributed by atoms with E-state index in [0.29, 0.717) is 12.1 Å². The van der Waals surface area contributed by atoms with Crippen LogP contribution < -0.4 is 10.1 Å². The van der Waals surface area contributed by atoms with E-state index in [1.54, 1.807) is 14.2 Å². The van der Waals surface area contributed by atoms with E-state index in [1.807, 2.05) is 12.1 Å². The van der Waals surface area contributed by atoms with Crippen molar-refractivity contribution in [2.75, 3.05) is 20.8 Å². The number of hydrogen-bond acceptors (Lipinski definition) is 3. The van der Waals surface area contributed by atoms with Gasteiger partial charge in [0, 0.05) is 25.8 Å². The molecule has 1 N–H and O–H groups in total. The van der Waals surface area contributed by atoms with Crippen LogP contribution in [0.15, 0.2) is 24.3 Å². The van der Waals surface area contributed by atoms with Gasteiger partial charge in [-0.05, 0) is 38.0 Å². The molecule has 17 heavy (non-hydrogen) atoms. The van der Waals surface area contributed by atoms with Crippen LogP contribution >= 0.6 is 0 Å². The van der Waals surface area contributed by atoms with Crippen LogP contribution in [0.5, 0.6) is 5.75 Å². The summed E-state index contributed by atoms with van der Waals surface area (Å²) in [5, 5.41) is 3.55. The molecule has 1 rings (SSSR count). The third-order valence-corrected chi connectivity index (χ3v) is 2.91. The Morgan fingerprint density at radius 2 is 1.76 bits per heavy atom. The van der Waals surface area contributed by atoms with E-state index in [-0.39, 0.29) is 0 Å². The molecule has 2 atom stereocenters. The van der Waals surface area contributed by atoms with Crippen molar-refractivity contribution in [1.29, 1.82) is 0 Å². The minimum Gasteiger partial charge on any atom is -0.497 e. The number of ether oxygens (including phenoxy) is 2. The van der Waals surface area contributed by atoms with Crippen LogP contribution in [0.4, 0.5) is 0 Å². The van der Waals surface area contributed by atoms with Gasteiger partial charge < -0.3 is 14.8 Å². The molecule has 0 saturated carbocycles. The summed E-state index contributed by atoms with van der Waals surface area (Å²) < 4.78 is 10.2. The minimum atomic E-state index is 0.341. The van der Waals surface area contributed by atoms with Crippen molar-refractivity contribution >= 4 is 0 Å². The van der Waals surface area contributed by atoms with Gasteiger partial charge in [0.25, 0.3) is 0 Å². The molecule has 0 aromatic heterocycles. The zero-order valence-electron chi connectivity index (χ0n) is 11.2. The maximum atomic E-state index is 5.15. The summed E-state index contributed by atoms with van der Waals surface area (Å²) >= 11 is 0. The molecular weight excluding hydrogens is 214 g/mol. The summed E-state index contributed by atoms with van der Waals surface area (Å²) in [4.78, 5) is 0. The van der Waals surface area contributed by atoms with Crippen LogP contribution in [0.2, 0.25) is 0 Å². The fraction of sp³-hybridized carbons (Fsp3) is 0.571. The Kier molecular flexibility index (Phi) is 6.01. The molecule has 1 aromatic rings. The lowest BCUT2D eigenvalue weighted by atomic mass is 10.1. The normalized spacial score (nSPS) is 14.4. The summed E-state index contributed by atoms with van der Waals surface area (Å²) in [7, 11) is 3.42. The predicted octanol–water partition coefficient (Wildman–Crippen LogP) is 2.77. The highest BCUT2D eigenvalue weighted by atomic mass is 16.5. The predicted molar refractivity (Wildman–Crippen MR) is 70.5 cm³/mol. The van der Waals surface area contributed by atoms with Gasteiger partial charge in [-0.25, -0.2) is 0 Å². The maximum absolute atomic E-state index is 5.15. The average Bonchev–Trinajstić information content (AvgIpc) is 2.36. The first-order valence-corrected chi connectivity index (χ1v) is 6.06. The maximum Gasteiger partial charge on any atom is 0.118 e. The molecule has 0 amide bonds. The summed E-state index contributed by atoms with van der Waals surface area (Å²) in [5.41, 5.74) is 1.27. The van der Waals surface area contributed by atoms with Gasteiger partial charge in [-0.3, -0.25) is 0 Å². The van der Waals surface area contributed by atoms with Crippen molar-refractivity contribution in [3.63, 3.8) is 0 Å². The Labute approximate surface area is 104 Å². The lowest BCUT2D eigenvalue weighted by molar-refractivity contribution is 0.183. The van der Waals surface area contributed by atoms with Gasteiger partial charge in [0.15, 0.2) is 0 Å². The smallest absolute Gasteiger partial charge is 0.118 e. The van der Waals surface area contributed by atoms with Crippen molar-refractivity contribution < 1.29 is 9.47 Å². The average molecular weight is 237 g/mol. The zero-order valence-corrected chi connectivity index (χ0v) is 11.2. The standard InChI is InChI=1S/C14H23NO2/c1-11(9-10-16-3)15-12(2)13-5-7-14(17-4)8-6-13/h5-8,11-12,15H,9-10H2,1-4H3/t11?,12-/m0/s1. The van der Waals surface area contributed by atoms with E-state index in [0.717, 1.165) is 18.8 Å². The highest BCUT2D eigenvalue weighted by molar-refractivity contribution is 5.28. The molecule has 0 radical (unpaired) electrons. The van der Waals surface area contributed by atoms with Gasteiger partial charge in [0.1, 0.15) is 5.75 Å². The number of hydrogen-bond donors (Lipinski definition) is 1. The van der Waals surface area contributed by atoms with E-state index in [2.05, 4.69) is 31.3 Å². The molecule has 0 fully saturated rings. The third kappa shape index (κ3) is 4.75. The highest BCUT2D eigenvalue weighted by Gasteiger charge is 2.09. The Morgan fingerprint density at radius 3 is 2.29 bits per heavy atom. The fourth-order valence-electron chi connectivity index (χ4n) is 1.79. The number of nitrogens with one attached hydrogen (secondary N) is 1. The van der Waals surface area contributed by atoms with E-state index in [9.17, 15) is 0 Å². The lowest BCUT2D eigenvalue weighted by Gasteiger charge is -2.20. The summed E-state index contributed by atoms with van der Waals surface area (Å²) in [6, 6.07) is 8.97. The molecule has 0 aliphatic heterocycles. The monoisotopic (exact) mass is 237 g/mol. The Bertz CT molecular complexity index is 311. The van der Waals surface area contributed by atoms with Crippen LogP contribution in [0.1, 0.15) is 31.9 Å². The Morgan fingerprint density at radius 1 is 1.12 bits per heavy atom. The van der Waals surface area contributed by atoms with E-state index in [1.165, 1.54) is 5.56 Å². The first-order chi connectivity index (χ1) is 8.17. The molecular formula is C14H23NO2. The summed E-state index contributed by atoms with van der Waals surface area (Å²) in [6.45, 7) is 5.15. The molecule has 0 bridgehead atoms. The van der Waals surface area contributed by atoms with Crippen molar-refractivity contribution in [3.8, 4) is 5.75 Å². The van der Waals surface area contributed by atoms with Crippen molar-refractivity contribution in [1.82, 2.24) is 5.32 Å². The number of methoxy groups -OCH3 is 2. The fourth-order valence-corrected chi connectivity index (χ4v) is 1.79. The first-order valence-electron chi connectivity index (χ1n) is 6.06. The Hall–Kier alpha value is -1.06. The SMILES string of the molecule is COCCC(C)N[C@@H](C)c1ccc(OC)cc1. The first kappa shape index (κ1) is 14.0. The quantitative estimate of drug-likeness (QED) is 0.791. The van der Waals surface area contributed by atoms with Crippen molar-refractivity contribution in [2.45, 2.75) is 32.4 Å². The Balaban J connectivity index is 2.47. The largest absolute Gasteiger partial charge is 0.497 e. The second kappa shape index (κ2) is 7.30. The van der Waals surface area contributed by atoms with Crippen molar-refractivity contribution in [2.24, 2.45) is 0 Å². The van der Waals surface area contributed by atoms with Crippen LogP contribution in [-0.2, 0) is 4.74 Å². The second-order valence-electron chi connectivity index (χ2n) is 4.34. The van der Waals surface area contributed by atoms with Gasteiger partial charge in [-0.1, -0.05) is 12.1 Å². The van der Waals surface area contributed by atoms with Crippen LogP contribution in [0, 0.1) is 0 Å². The molecule has 3 heteroatoms. The van der Waals surface area contributed by atoms with Crippen molar-refractivity contribution in [3.05, 3.63) is 29.8 Å². The highest BCUT2D eigenvalue weighted by Crippen LogP contribution is 2.17. The summed E-state index contributed by atoms with van der Waals surface area (Å²) in [6.07, 6.45) is 1.02. The molecule has 96 valence electrons. The summed E-state index contributed by atoms with van der Waals surface area (Å²) in [5.74, 6) is 0.897. The molecule has 0 spiro atoms. The lowest BCUT2D eigenvalue weighted by Crippen LogP contribution is -2.29. The van der Waals surface area contributed by atoms with Crippen LogP contribution in [-0.4, -0.2) is 26.9 Å². The van der Waals surface area contributed by atoms with Gasteiger partial charge >= 0.3 is 0 Å². The number of rotatable bonds is 7. The van der Waals surface area contributed by atoms with E-state index >= 15 is 0 Å². The van der Waals surface area contributed by atoms with Crippen LogP contribution in [0.25, 0.3) is 0 Å². The molecule has 0 saturated heterocycles. The van der Waals surface area contributed by atoms with Gasteiger partial charge in [-0.15, -0.1) is 0 Å². The molecule has 0 aliphatic rings. The molecule has 1 unspecified atom stereocenters. The topological polar surface area (TPSA) is 30.5 Å². The second-order valence-corrected chi connectivity index (χ2v) is 4.34. The molecule has 0 heterocycles. The number of benzene rings is 1.